The summed E-state index contributed by atoms with van der Waals surface area (Å²) in [5.74, 6) is 0.892. The number of hydrogen-bond acceptors (Lipinski definition) is 5. The molecule has 1 aromatic carbocycles. The van der Waals surface area contributed by atoms with Crippen LogP contribution in [-0.2, 0) is 0 Å². The molecule has 0 bridgehead atoms. The maximum absolute atomic E-state index is 5.73. The van der Waals surface area contributed by atoms with Crippen LogP contribution < -0.4 is 4.74 Å². The molecule has 0 saturated carbocycles. The van der Waals surface area contributed by atoms with Crippen LogP contribution in [0.25, 0.3) is 11.2 Å². The van der Waals surface area contributed by atoms with Crippen molar-refractivity contribution in [3.05, 3.63) is 36.9 Å². The number of nitrogens with zero attached hydrogens (tertiary/aromatic N) is 3. The highest BCUT2D eigenvalue weighted by Crippen LogP contribution is 2.31. The SMILES string of the molecule is CCCCOc1cccc(Sc2ncnc3nc[nH]c23)c1. The minimum absolute atomic E-state index is 0.683. The maximum atomic E-state index is 5.73. The zero-order chi connectivity index (χ0) is 14.5. The highest BCUT2D eigenvalue weighted by Gasteiger charge is 2.08. The molecule has 0 aliphatic heterocycles. The summed E-state index contributed by atoms with van der Waals surface area (Å²) in [6, 6.07) is 8.05. The Morgan fingerprint density at radius 3 is 3.10 bits per heavy atom. The van der Waals surface area contributed by atoms with E-state index in [9.17, 15) is 0 Å². The van der Waals surface area contributed by atoms with Crippen molar-refractivity contribution in [1.82, 2.24) is 19.9 Å². The molecule has 0 aliphatic carbocycles. The summed E-state index contributed by atoms with van der Waals surface area (Å²) >= 11 is 1.57. The highest BCUT2D eigenvalue weighted by atomic mass is 32.2. The number of benzene rings is 1. The Kier molecular flexibility index (Phi) is 4.35. The van der Waals surface area contributed by atoms with Crippen LogP contribution in [0.1, 0.15) is 19.8 Å². The lowest BCUT2D eigenvalue weighted by molar-refractivity contribution is 0.308. The van der Waals surface area contributed by atoms with E-state index in [0.717, 1.165) is 40.6 Å². The van der Waals surface area contributed by atoms with Crippen LogP contribution in [0.3, 0.4) is 0 Å². The third-order valence-electron chi connectivity index (χ3n) is 2.97. The van der Waals surface area contributed by atoms with E-state index < -0.39 is 0 Å². The standard InChI is InChI=1S/C15H16N4OS/c1-2-3-7-20-11-5-4-6-12(8-11)21-15-13-14(17-9-16-13)18-10-19-15/h4-6,8-10H,2-3,7H2,1H3,(H,16,17,18,19). The van der Waals surface area contributed by atoms with Crippen molar-refractivity contribution in [2.24, 2.45) is 0 Å². The zero-order valence-corrected chi connectivity index (χ0v) is 12.6. The molecular weight excluding hydrogens is 284 g/mol. The number of ether oxygens (including phenoxy) is 1. The number of aromatic amines is 1. The molecule has 3 aromatic rings. The van der Waals surface area contributed by atoms with E-state index in [0.29, 0.717) is 5.65 Å². The van der Waals surface area contributed by atoms with Gasteiger partial charge in [-0.3, -0.25) is 0 Å². The third-order valence-corrected chi connectivity index (χ3v) is 3.97. The number of aromatic nitrogens is 4. The number of nitrogens with one attached hydrogen (secondary N) is 1. The molecule has 0 amide bonds. The molecule has 0 fully saturated rings. The zero-order valence-electron chi connectivity index (χ0n) is 11.7. The van der Waals surface area contributed by atoms with Crippen molar-refractivity contribution < 1.29 is 4.74 Å². The van der Waals surface area contributed by atoms with E-state index in [1.54, 1.807) is 18.1 Å². The molecule has 2 aromatic heterocycles. The van der Waals surface area contributed by atoms with Crippen molar-refractivity contribution in [3.63, 3.8) is 0 Å². The molecule has 2 heterocycles. The molecule has 0 saturated heterocycles. The van der Waals surface area contributed by atoms with Gasteiger partial charge in [0.2, 0.25) is 0 Å². The fourth-order valence-corrected chi connectivity index (χ4v) is 2.79. The predicted molar refractivity (Wildman–Crippen MR) is 82.7 cm³/mol. The van der Waals surface area contributed by atoms with E-state index in [-0.39, 0.29) is 0 Å². The van der Waals surface area contributed by atoms with Crippen molar-refractivity contribution in [2.45, 2.75) is 29.7 Å². The number of unbranched alkanes of at least 4 members (excludes halogenated alkanes) is 1. The van der Waals surface area contributed by atoms with Gasteiger partial charge in [0.05, 0.1) is 12.9 Å². The second-order valence-corrected chi connectivity index (χ2v) is 5.62. The minimum atomic E-state index is 0.683. The fourth-order valence-electron chi connectivity index (χ4n) is 1.89. The van der Waals surface area contributed by atoms with Crippen LogP contribution in [0.2, 0.25) is 0 Å². The van der Waals surface area contributed by atoms with Crippen LogP contribution in [0.4, 0.5) is 0 Å². The van der Waals surface area contributed by atoms with Gasteiger partial charge in [0.1, 0.15) is 22.6 Å². The van der Waals surface area contributed by atoms with Crippen molar-refractivity contribution in [1.29, 1.82) is 0 Å². The molecule has 6 heteroatoms. The van der Waals surface area contributed by atoms with Crippen LogP contribution in [0.5, 0.6) is 5.75 Å². The van der Waals surface area contributed by atoms with Crippen LogP contribution in [0.15, 0.2) is 46.8 Å². The number of imidazole rings is 1. The first kappa shape index (κ1) is 13.9. The quantitative estimate of drug-likeness (QED) is 0.555. The van der Waals surface area contributed by atoms with Gasteiger partial charge in [-0.15, -0.1) is 0 Å². The molecular formula is C15H16N4OS. The van der Waals surface area contributed by atoms with Gasteiger partial charge in [-0.25, -0.2) is 15.0 Å². The Bertz CT molecular complexity index is 728. The van der Waals surface area contributed by atoms with E-state index in [4.69, 9.17) is 4.74 Å². The summed E-state index contributed by atoms with van der Waals surface area (Å²) in [5, 5.41) is 0.864. The van der Waals surface area contributed by atoms with Gasteiger partial charge >= 0.3 is 0 Å². The Hall–Kier alpha value is -2.08. The van der Waals surface area contributed by atoms with Crippen LogP contribution >= 0.6 is 11.8 Å². The number of rotatable bonds is 6. The first-order chi connectivity index (χ1) is 10.4. The van der Waals surface area contributed by atoms with Crippen molar-refractivity contribution in [2.75, 3.05) is 6.61 Å². The average molecular weight is 300 g/mol. The van der Waals surface area contributed by atoms with Crippen molar-refractivity contribution >= 4 is 22.9 Å². The first-order valence-electron chi connectivity index (χ1n) is 6.91. The Balaban J connectivity index is 1.78. The Labute approximate surface area is 127 Å². The maximum Gasteiger partial charge on any atom is 0.181 e. The molecule has 5 nitrogen and oxygen atoms in total. The molecule has 21 heavy (non-hydrogen) atoms. The molecule has 108 valence electrons. The topological polar surface area (TPSA) is 63.7 Å². The molecule has 0 aliphatic rings. The summed E-state index contributed by atoms with van der Waals surface area (Å²) in [6.45, 7) is 2.91. The highest BCUT2D eigenvalue weighted by molar-refractivity contribution is 7.99. The van der Waals surface area contributed by atoms with Crippen LogP contribution in [-0.4, -0.2) is 26.5 Å². The van der Waals surface area contributed by atoms with Gasteiger partial charge in [0, 0.05) is 4.90 Å². The Morgan fingerprint density at radius 1 is 1.24 bits per heavy atom. The van der Waals surface area contributed by atoms with Crippen molar-refractivity contribution in [3.8, 4) is 5.75 Å². The normalized spacial score (nSPS) is 10.9. The second-order valence-electron chi connectivity index (χ2n) is 4.56. The van der Waals surface area contributed by atoms with E-state index >= 15 is 0 Å². The first-order valence-corrected chi connectivity index (χ1v) is 7.73. The van der Waals surface area contributed by atoms with Gasteiger partial charge in [0.15, 0.2) is 5.65 Å². The summed E-state index contributed by atoms with van der Waals surface area (Å²) in [7, 11) is 0. The number of fused-ring (bicyclic) bond motifs is 1. The molecule has 3 rings (SSSR count). The predicted octanol–water partition coefficient (Wildman–Crippen LogP) is 3.68. The number of H-pyrrole nitrogens is 1. The monoisotopic (exact) mass is 300 g/mol. The third kappa shape index (κ3) is 3.33. The fraction of sp³-hybridized carbons (Fsp3) is 0.267. The molecule has 0 unspecified atom stereocenters. The van der Waals surface area contributed by atoms with Crippen LogP contribution in [0, 0.1) is 0 Å². The summed E-state index contributed by atoms with van der Waals surface area (Å²) in [5.41, 5.74) is 1.54. The van der Waals surface area contributed by atoms with Gasteiger partial charge in [0.25, 0.3) is 0 Å². The molecule has 0 radical (unpaired) electrons. The van der Waals surface area contributed by atoms with E-state index in [1.165, 1.54) is 6.33 Å². The number of hydrogen-bond donors (Lipinski definition) is 1. The largest absolute Gasteiger partial charge is 0.494 e. The molecule has 1 N–H and O–H groups in total. The second kappa shape index (κ2) is 6.58. The summed E-state index contributed by atoms with van der Waals surface area (Å²) in [6.07, 6.45) is 5.37. The summed E-state index contributed by atoms with van der Waals surface area (Å²) < 4.78 is 5.73. The van der Waals surface area contributed by atoms with Gasteiger partial charge in [-0.1, -0.05) is 31.2 Å². The lowest BCUT2D eigenvalue weighted by Crippen LogP contribution is -1.96. The van der Waals surface area contributed by atoms with Gasteiger partial charge < -0.3 is 9.72 Å². The lowest BCUT2D eigenvalue weighted by Gasteiger charge is -2.07. The van der Waals surface area contributed by atoms with E-state index in [1.807, 2.05) is 24.3 Å². The smallest absolute Gasteiger partial charge is 0.181 e. The summed E-state index contributed by atoms with van der Waals surface area (Å²) in [4.78, 5) is 16.7. The lowest BCUT2D eigenvalue weighted by atomic mass is 10.3. The molecule has 0 spiro atoms. The average Bonchev–Trinajstić information content (AvgIpc) is 2.98. The molecule has 0 atom stereocenters. The van der Waals surface area contributed by atoms with Gasteiger partial charge in [-0.05, 0) is 24.6 Å². The van der Waals surface area contributed by atoms with Gasteiger partial charge in [-0.2, -0.15) is 0 Å². The Morgan fingerprint density at radius 2 is 2.19 bits per heavy atom. The minimum Gasteiger partial charge on any atom is -0.494 e. The van der Waals surface area contributed by atoms with E-state index in [2.05, 4.69) is 26.9 Å².